The van der Waals surface area contributed by atoms with Crippen LogP contribution in [0.25, 0.3) is 0 Å². The molecule has 1 saturated heterocycles. The third kappa shape index (κ3) is 6.57. The monoisotopic (exact) mass is 449 g/mol. The minimum absolute atomic E-state index is 0.0524. The molecule has 2 rings (SSSR count). The van der Waals surface area contributed by atoms with E-state index in [-0.39, 0.29) is 23.4 Å². The Morgan fingerprint density at radius 2 is 1.81 bits per heavy atom. The van der Waals surface area contributed by atoms with Crippen molar-refractivity contribution in [2.45, 2.75) is 70.5 Å². The maximum atomic E-state index is 12.8. The number of ether oxygens (including phenoxy) is 1. The van der Waals surface area contributed by atoms with E-state index in [1.54, 1.807) is 25.9 Å². The molecule has 1 aliphatic carbocycles. The second kappa shape index (κ2) is 9.65. The minimum atomic E-state index is -4.89. The van der Waals surface area contributed by atoms with Gasteiger partial charge in [0.25, 0.3) is 0 Å². The molecule has 2 fully saturated rings. The molecule has 2 amide bonds. The SMILES string of the molecule is COCCCC1(N(C)C)CCC2(CC1)CC(=O)N(CC(C)(C)CNC(=O)C(F)(F)F)C2. The standard InChI is InChI=1S/C22H38F3N3O3/c1-19(2,14-26-18(30)22(23,24)25)15-28-16-20(13-17(28)29)8-10-21(11-9-20,27(3)4)7-6-12-31-5/h6-16H2,1-5H3,(H,26,30). The van der Waals surface area contributed by atoms with Crippen LogP contribution in [0.2, 0.25) is 0 Å². The summed E-state index contributed by atoms with van der Waals surface area (Å²) in [7, 11) is 5.95. The molecule has 9 heteroatoms. The van der Waals surface area contributed by atoms with Crippen molar-refractivity contribution in [1.29, 1.82) is 0 Å². The largest absolute Gasteiger partial charge is 0.471 e. The highest BCUT2D eigenvalue weighted by molar-refractivity contribution is 5.81. The van der Waals surface area contributed by atoms with E-state index in [2.05, 4.69) is 19.0 Å². The average Bonchev–Trinajstić information content (AvgIpc) is 2.95. The van der Waals surface area contributed by atoms with Crippen LogP contribution in [0.1, 0.15) is 58.8 Å². The number of alkyl halides is 3. The molecule has 0 unspecified atom stereocenters. The van der Waals surface area contributed by atoms with E-state index in [4.69, 9.17) is 4.74 Å². The highest BCUT2D eigenvalue weighted by Gasteiger charge is 2.50. The first-order chi connectivity index (χ1) is 14.2. The normalized spacial score (nSPS) is 27.4. The number of carbonyl (C=O) groups is 2. The van der Waals surface area contributed by atoms with E-state index in [9.17, 15) is 22.8 Å². The van der Waals surface area contributed by atoms with Crippen molar-refractivity contribution in [3.63, 3.8) is 0 Å². The number of nitrogens with zero attached hydrogens (tertiary/aromatic N) is 2. The molecule has 31 heavy (non-hydrogen) atoms. The lowest BCUT2D eigenvalue weighted by molar-refractivity contribution is -0.174. The fourth-order valence-electron chi connectivity index (χ4n) is 5.16. The number of halogens is 3. The maximum absolute atomic E-state index is 12.8. The molecule has 1 saturated carbocycles. The van der Waals surface area contributed by atoms with Crippen molar-refractivity contribution < 1.29 is 27.5 Å². The summed E-state index contributed by atoms with van der Waals surface area (Å²) in [6, 6.07) is 0. The van der Waals surface area contributed by atoms with Gasteiger partial charge in [-0.2, -0.15) is 13.2 Å². The first kappa shape index (κ1) is 25.9. The van der Waals surface area contributed by atoms with Gasteiger partial charge < -0.3 is 19.9 Å². The summed E-state index contributed by atoms with van der Waals surface area (Å²) < 4.78 is 42.6. The van der Waals surface area contributed by atoms with Gasteiger partial charge in [-0.15, -0.1) is 0 Å². The number of hydrogen-bond donors (Lipinski definition) is 1. The third-order valence-corrected chi connectivity index (χ3v) is 7.19. The van der Waals surface area contributed by atoms with E-state index in [1.807, 2.05) is 5.32 Å². The summed E-state index contributed by atoms with van der Waals surface area (Å²) in [5.41, 5.74) is -0.575. The number of amides is 2. The molecule has 6 nitrogen and oxygen atoms in total. The van der Waals surface area contributed by atoms with E-state index in [0.29, 0.717) is 19.5 Å². The zero-order valence-electron chi connectivity index (χ0n) is 19.5. The lowest BCUT2D eigenvalue weighted by atomic mass is 9.65. The number of carbonyl (C=O) groups excluding carboxylic acids is 2. The number of methoxy groups -OCH3 is 1. The van der Waals surface area contributed by atoms with E-state index in [1.165, 1.54) is 0 Å². The molecule has 0 radical (unpaired) electrons. The van der Waals surface area contributed by atoms with Gasteiger partial charge in [0, 0.05) is 45.3 Å². The fourth-order valence-corrected chi connectivity index (χ4v) is 5.16. The Balaban J connectivity index is 1.95. The maximum Gasteiger partial charge on any atom is 0.471 e. The summed E-state index contributed by atoms with van der Waals surface area (Å²) in [5.74, 6) is -1.88. The van der Waals surface area contributed by atoms with Gasteiger partial charge in [0.1, 0.15) is 0 Å². The van der Waals surface area contributed by atoms with Gasteiger partial charge in [0.05, 0.1) is 0 Å². The van der Waals surface area contributed by atoms with Crippen molar-refractivity contribution in [2.24, 2.45) is 10.8 Å². The van der Waals surface area contributed by atoms with Gasteiger partial charge in [-0.1, -0.05) is 13.8 Å². The Labute approximate surface area is 183 Å². The Kier molecular flexibility index (Phi) is 8.06. The molecule has 0 aromatic carbocycles. The van der Waals surface area contributed by atoms with Gasteiger partial charge in [-0.05, 0) is 63.5 Å². The number of nitrogens with one attached hydrogen (secondary N) is 1. The quantitative estimate of drug-likeness (QED) is 0.549. The van der Waals surface area contributed by atoms with Crippen LogP contribution in [0.15, 0.2) is 0 Å². The van der Waals surface area contributed by atoms with Gasteiger partial charge in [-0.3, -0.25) is 9.59 Å². The summed E-state index contributed by atoms with van der Waals surface area (Å²) >= 11 is 0. The Morgan fingerprint density at radius 3 is 2.32 bits per heavy atom. The van der Waals surface area contributed by atoms with Crippen molar-refractivity contribution in [3.8, 4) is 0 Å². The van der Waals surface area contributed by atoms with E-state index in [0.717, 1.165) is 45.1 Å². The Morgan fingerprint density at radius 1 is 1.19 bits per heavy atom. The van der Waals surface area contributed by atoms with Crippen molar-refractivity contribution in [2.75, 3.05) is 47.4 Å². The van der Waals surface area contributed by atoms with E-state index < -0.39 is 17.5 Å². The van der Waals surface area contributed by atoms with Crippen LogP contribution in [0, 0.1) is 10.8 Å². The molecule has 180 valence electrons. The molecular weight excluding hydrogens is 411 g/mol. The molecule has 2 aliphatic rings. The Hall–Kier alpha value is -1.35. The Bertz CT molecular complexity index is 642. The zero-order valence-corrected chi connectivity index (χ0v) is 19.5. The lowest BCUT2D eigenvalue weighted by Gasteiger charge is -2.48. The highest BCUT2D eigenvalue weighted by Crippen LogP contribution is 2.50. The van der Waals surface area contributed by atoms with Crippen molar-refractivity contribution >= 4 is 11.8 Å². The van der Waals surface area contributed by atoms with Crippen LogP contribution >= 0.6 is 0 Å². The van der Waals surface area contributed by atoms with Crippen LogP contribution in [0.5, 0.6) is 0 Å². The van der Waals surface area contributed by atoms with Crippen LogP contribution < -0.4 is 5.32 Å². The smallest absolute Gasteiger partial charge is 0.385 e. The van der Waals surface area contributed by atoms with Crippen LogP contribution in [-0.2, 0) is 14.3 Å². The molecule has 0 atom stereocenters. The lowest BCUT2D eigenvalue weighted by Crippen LogP contribution is -2.50. The molecule has 1 heterocycles. The molecule has 0 bridgehead atoms. The molecule has 0 aromatic rings. The highest BCUT2D eigenvalue weighted by atomic mass is 19.4. The second-order valence-corrected chi connectivity index (χ2v) is 10.5. The van der Waals surface area contributed by atoms with Crippen LogP contribution in [0.4, 0.5) is 13.2 Å². The predicted octanol–water partition coefficient (Wildman–Crippen LogP) is 3.21. The molecular formula is C22H38F3N3O3. The van der Waals surface area contributed by atoms with Crippen LogP contribution in [0.3, 0.4) is 0 Å². The van der Waals surface area contributed by atoms with Gasteiger partial charge in [-0.25, -0.2) is 0 Å². The van der Waals surface area contributed by atoms with Crippen molar-refractivity contribution in [3.05, 3.63) is 0 Å². The molecule has 1 N–H and O–H groups in total. The first-order valence-corrected chi connectivity index (χ1v) is 11.0. The van der Waals surface area contributed by atoms with Crippen molar-refractivity contribution in [1.82, 2.24) is 15.1 Å². The topological polar surface area (TPSA) is 61.9 Å². The number of hydrogen-bond acceptors (Lipinski definition) is 4. The van der Waals surface area contributed by atoms with Gasteiger partial charge in [0.2, 0.25) is 5.91 Å². The second-order valence-electron chi connectivity index (χ2n) is 10.5. The fraction of sp³-hybridized carbons (Fsp3) is 0.909. The minimum Gasteiger partial charge on any atom is -0.385 e. The zero-order chi connectivity index (χ0) is 23.5. The molecule has 1 spiro atoms. The molecule has 0 aromatic heterocycles. The summed E-state index contributed by atoms with van der Waals surface area (Å²) in [5, 5.41) is 1.95. The third-order valence-electron chi connectivity index (χ3n) is 7.19. The van der Waals surface area contributed by atoms with Gasteiger partial charge >= 0.3 is 12.1 Å². The summed E-state index contributed by atoms with van der Waals surface area (Å²) in [6.45, 7) is 5.13. The average molecular weight is 450 g/mol. The first-order valence-electron chi connectivity index (χ1n) is 11.0. The van der Waals surface area contributed by atoms with Crippen LogP contribution in [-0.4, -0.2) is 80.8 Å². The van der Waals surface area contributed by atoms with Gasteiger partial charge in [0.15, 0.2) is 0 Å². The number of rotatable bonds is 9. The summed E-state index contributed by atoms with van der Waals surface area (Å²) in [4.78, 5) is 28.0. The molecule has 1 aliphatic heterocycles. The number of likely N-dealkylation sites (tertiary alicyclic amines) is 1. The van der Waals surface area contributed by atoms with E-state index >= 15 is 0 Å². The predicted molar refractivity (Wildman–Crippen MR) is 112 cm³/mol. The summed E-state index contributed by atoms with van der Waals surface area (Å²) in [6.07, 6.45) is 1.65.